The Balaban J connectivity index is 2.26. The summed E-state index contributed by atoms with van der Waals surface area (Å²) in [6.07, 6.45) is 0. The van der Waals surface area contributed by atoms with E-state index in [0.29, 0.717) is 28.2 Å². The van der Waals surface area contributed by atoms with Gasteiger partial charge in [0.2, 0.25) is 11.7 Å². The van der Waals surface area contributed by atoms with E-state index in [2.05, 4.69) is 10.2 Å². The Morgan fingerprint density at radius 2 is 1.73 bits per heavy atom. The maximum absolute atomic E-state index is 11.4. The first-order valence-electron chi connectivity index (χ1n) is 9.14. The summed E-state index contributed by atoms with van der Waals surface area (Å²) in [6, 6.07) is 9.63. The van der Waals surface area contributed by atoms with E-state index in [1.807, 2.05) is 48.7 Å². The molecule has 0 radical (unpaired) electrons. The van der Waals surface area contributed by atoms with Gasteiger partial charge < -0.3 is 19.9 Å². The third-order valence-electron chi connectivity index (χ3n) is 4.72. The molecule has 9 heteroatoms. The average molecular weight is 429 g/mol. The van der Waals surface area contributed by atoms with Crippen molar-refractivity contribution >= 4 is 17.7 Å². The first-order valence-corrected chi connectivity index (χ1v) is 10.1. The van der Waals surface area contributed by atoms with Crippen molar-refractivity contribution in [1.29, 1.82) is 0 Å². The molecule has 0 unspecified atom stereocenters. The summed E-state index contributed by atoms with van der Waals surface area (Å²) in [7, 11) is 4.67. The van der Waals surface area contributed by atoms with Crippen molar-refractivity contribution in [2.45, 2.75) is 19.0 Å². The van der Waals surface area contributed by atoms with Crippen LogP contribution in [0.15, 0.2) is 35.5 Å². The summed E-state index contributed by atoms with van der Waals surface area (Å²) in [5.41, 5.74) is 9.19. The van der Waals surface area contributed by atoms with Crippen LogP contribution < -0.4 is 19.9 Å². The number of hydrogen-bond donors (Lipinski definition) is 1. The summed E-state index contributed by atoms with van der Waals surface area (Å²) in [5, 5.41) is 9.29. The number of amides is 1. The lowest BCUT2D eigenvalue weighted by Crippen LogP contribution is -2.14. The lowest BCUT2D eigenvalue weighted by Gasteiger charge is -2.16. The third-order valence-corrected chi connectivity index (χ3v) is 5.67. The summed E-state index contributed by atoms with van der Waals surface area (Å²) >= 11 is 1.24. The molecular formula is C21H24N4O4S. The molecule has 3 rings (SSSR count). The van der Waals surface area contributed by atoms with Crippen LogP contribution in [-0.4, -0.2) is 47.8 Å². The molecule has 158 valence electrons. The van der Waals surface area contributed by atoms with Crippen molar-refractivity contribution in [2.24, 2.45) is 5.73 Å². The van der Waals surface area contributed by atoms with E-state index in [4.69, 9.17) is 19.9 Å². The van der Waals surface area contributed by atoms with Gasteiger partial charge in [-0.25, -0.2) is 0 Å². The number of nitrogens with zero attached hydrogens (tertiary/aromatic N) is 3. The Labute approximate surface area is 179 Å². The number of hydrogen-bond acceptors (Lipinski definition) is 7. The molecule has 0 saturated heterocycles. The van der Waals surface area contributed by atoms with Gasteiger partial charge in [0.15, 0.2) is 22.5 Å². The van der Waals surface area contributed by atoms with Gasteiger partial charge >= 0.3 is 0 Å². The number of rotatable bonds is 8. The molecule has 0 spiro atoms. The lowest BCUT2D eigenvalue weighted by atomic mass is 10.1. The Kier molecular flexibility index (Phi) is 6.51. The molecule has 1 amide bonds. The smallest absolute Gasteiger partial charge is 0.227 e. The quantitative estimate of drug-likeness (QED) is 0.550. The van der Waals surface area contributed by atoms with Crippen molar-refractivity contribution in [1.82, 2.24) is 14.8 Å². The molecule has 0 aliphatic rings. The van der Waals surface area contributed by atoms with Gasteiger partial charge in [-0.1, -0.05) is 23.9 Å². The number of methoxy groups -OCH3 is 3. The van der Waals surface area contributed by atoms with E-state index >= 15 is 0 Å². The molecule has 2 N–H and O–H groups in total. The predicted octanol–water partition coefficient (Wildman–Crippen LogP) is 3.15. The highest BCUT2D eigenvalue weighted by atomic mass is 32.2. The summed E-state index contributed by atoms with van der Waals surface area (Å²) < 4.78 is 18.3. The number of carbonyl (C=O) groups is 1. The number of carbonyl (C=O) groups excluding carboxylic acids is 1. The fraction of sp³-hybridized carbons (Fsp3) is 0.286. The molecule has 0 aliphatic heterocycles. The predicted molar refractivity (Wildman–Crippen MR) is 116 cm³/mol. The van der Waals surface area contributed by atoms with Crippen molar-refractivity contribution in [3.05, 3.63) is 41.5 Å². The van der Waals surface area contributed by atoms with Gasteiger partial charge in [-0.15, -0.1) is 10.2 Å². The number of aryl methyl sites for hydroxylation is 1. The second-order valence-corrected chi connectivity index (χ2v) is 7.47. The standard InChI is InChI=1S/C21H24N4O4S/c1-12-7-6-8-15(13(12)2)25-20(23-24-21(25)30-11-18(22)26)14-9-16(27-3)19(29-5)17(10-14)28-4/h6-10H,11H2,1-5H3,(H2,22,26). The minimum absolute atomic E-state index is 0.0955. The molecule has 0 fully saturated rings. The van der Waals surface area contributed by atoms with Gasteiger partial charge in [-0.05, 0) is 43.2 Å². The largest absolute Gasteiger partial charge is 0.493 e. The van der Waals surface area contributed by atoms with Gasteiger partial charge in [0.1, 0.15) is 0 Å². The van der Waals surface area contributed by atoms with Crippen molar-refractivity contribution in [2.75, 3.05) is 27.1 Å². The zero-order chi connectivity index (χ0) is 21.8. The molecule has 2 aromatic carbocycles. The number of benzene rings is 2. The van der Waals surface area contributed by atoms with E-state index in [0.717, 1.165) is 22.4 Å². The molecule has 30 heavy (non-hydrogen) atoms. The van der Waals surface area contributed by atoms with E-state index in [1.54, 1.807) is 21.3 Å². The van der Waals surface area contributed by atoms with Gasteiger partial charge in [-0.3, -0.25) is 9.36 Å². The van der Waals surface area contributed by atoms with Crippen molar-refractivity contribution in [3.8, 4) is 34.3 Å². The molecule has 0 aliphatic carbocycles. The summed E-state index contributed by atoms with van der Waals surface area (Å²) in [6.45, 7) is 4.07. The lowest BCUT2D eigenvalue weighted by molar-refractivity contribution is -0.115. The number of primary amides is 1. The molecule has 3 aromatic rings. The monoisotopic (exact) mass is 428 g/mol. The van der Waals surface area contributed by atoms with Crippen LogP contribution >= 0.6 is 11.8 Å². The normalized spacial score (nSPS) is 10.7. The zero-order valence-corrected chi connectivity index (χ0v) is 18.4. The highest BCUT2D eigenvalue weighted by Crippen LogP contribution is 2.42. The van der Waals surface area contributed by atoms with E-state index in [9.17, 15) is 4.79 Å². The Morgan fingerprint density at radius 3 is 2.30 bits per heavy atom. The first kappa shape index (κ1) is 21.5. The minimum atomic E-state index is -0.426. The number of ether oxygens (including phenoxy) is 3. The maximum atomic E-state index is 11.4. The first-order chi connectivity index (χ1) is 14.4. The molecular weight excluding hydrogens is 404 g/mol. The summed E-state index contributed by atoms with van der Waals surface area (Å²) in [4.78, 5) is 11.4. The molecule has 1 aromatic heterocycles. The average Bonchev–Trinajstić information content (AvgIpc) is 3.16. The summed E-state index contributed by atoms with van der Waals surface area (Å²) in [5.74, 6) is 1.75. The van der Waals surface area contributed by atoms with E-state index < -0.39 is 5.91 Å². The van der Waals surface area contributed by atoms with Gasteiger partial charge in [0.05, 0.1) is 32.8 Å². The Morgan fingerprint density at radius 1 is 1.07 bits per heavy atom. The minimum Gasteiger partial charge on any atom is -0.493 e. The molecule has 8 nitrogen and oxygen atoms in total. The fourth-order valence-electron chi connectivity index (χ4n) is 3.09. The fourth-order valence-corrected chi connectivity index (χ4v) is 3.78. The Hall–Kier alpha value is -3.20. The van der Waals surface area contributed by atoms with Crippen LogP contribution in [0.25, 0.3) is 17.1 Å². The van der Waals surface area contributed by atoms with E-state index in [-0.39, 0.29) is 5.75 Å². The van der Waals surface area contributed by atoms with E-state index in [1.165, 1.54) is 11.8 Å². The van der Waals surface area contributed by atoms with Crippen molar-refractivity contribution in [3.63, 3.8) is 0 Å². The van der Waals surface area contributed by atoms with Crippen LogP contribution in [0.5, 0.6) is 17.2 Å². The number of nitrogens with two attached hydrogens (primary N) is 1. The van der Waals surface area contributed by atoms with Gasteiger partial charge in [-0.2, -0.15) is 0 Å². The number of thioether (sulfide) groups is 1. The van der Waals surface area contributed by atoms with Crippen LogP contribution in [0, 0.1) is 13.8 Å². The third kappa shape index (κ3) is 4.06. The van der Waals surface area contributed by atoms with Crippen LogP contribution in [0.3, 0.4) is 0 Å². The van der Waals surface area contributed by atoms with Crippen LogP contribution in [0.1, 0.15) is 11.1 Å². The number of aromatic nitrogens is 3. The van der Waals surface area contributed by atoms with Gasteiger partial charge in [0.25, 0.3) is 0 Å². The van der Waals surface area contributed by atoms with Crippen LogP contribution in [0.2, 0.25) is 0 Å². The highest BCUT2D eigenvalue weighted by Gasteiger charge is 2.22. The second kappa shape index (κ2) is 9.08. The van der Waals surface area contributed by atoms with Crippen LogP contribution in [0.4, 0.5) is 0 Å². The highest BCUT2D eigenvalue weighted by molar-refractivity contribution is 7.99. The zero-order valence-electron chi connectivity index (χ0n) is 17.6. The molecule has 0 bridgehead atoms. The maximum Gasteiger partial charge on any atom is 0.227 e. The van der Waals surface area contributed by atoms with Crippen molar-refractivity contribution < 1.29 is 19.0 Å². The molecule has 0 atom stereocenters. The molecule has 1 heterocycles. The molecule has 0 saturated carbocycles. The topological polar surface area (TPSA) is 101 Å². The Bertz CT molecular complexity index is 1060. The second-order valence-electron chi connectivity index (χ2n) is 6.53. The van der Waals surface area contributed by atoms with Crippen LogP contribution in [-0.2, 0) is 4.79 Å². The SMILES string of the molecule is COc1cc(-c2nnc(SCC(N)=O)n2-c2cccc(C)c2C)cc(OC)c1OC. The van der Waals surface area contributed by atoms with Gasteiger partial charge in [0, 0.05) is 5.56 Å².